The highest BCUT2D eigenvalue weighted by atomic mass is 16.6. The number of nitrogens with zero attached hydrogens (tertiary/aromatic N) is 3. The van der Waals surface area contributed by atoms with E-state index in [0.717, 1.165) is 6.42 Å². The van der Waals surface area contributed by atoms with E-state index in [1.54, 1.807) is 25.1 Å². The van der Waals surface area contributed by atoms with E-state index in [2.05, 4.69) is 15.6 Å². The van der Waals surface area contributed by atoms with Crippen LogP contribution in [0.4, 0.5) is 17.3 Å². The van der Waals surface area contributed by atoms with Crippen LogP contribution in [0.5, 0.6) is 0 Å². The van der Waals surface area contributed by atoms with E-state index in [1.807, 2.05) is 0 Å². The van der Waals surface area contributed by atoms with Crippen molar-refractivity contribution in [3.05, 3.63) is 22.2 Å². The number of anilines is 2. The van der Waals surface area contributed by atoms with Crippen molar-refractivity contribution < 1.29 is 9.72 Å². The second-order valence-electron chi connectivity index (χ2n) is 4.51. The Kier molecular flexibility index (Phi) is 4.02. The molecule has 2 heterocycles. The predicted molar refractivity (Wildman–Crippen MR) is 74.9 cm³/mol. The van der Waals surface area contributed by atoms with Crippen LogP contribution < -0.4 is 15.5 Å². The van der Waals surface area contributed by atoms with Crippen LogP contribution in [0.1, 0.15) is 12.8 Å². The lowest BCUT2D eigenvalue weighted by Gasteiger charge is -2.24. The molecule has 0 saturated carbocycles. The maximum atomic E-state index is 11.9. The van der Waals surface area contributed by atoms with Gasteiger partial charge in [0.2, 0.25) is 11.7 Å². The van der Waals surface area contributed by atoms with Gasteiger partial charge in [-0.25, -0.2) is 4.98 Å². The molecule has 0 bridgehead atoms. The summed E-state index contributed by atoms with van der Waals surface area (Å²) < 4.78 is 0. The minimum Gasteiger partial charge on any atom is -0.373 e. The highest BCUT2D eigenvalue weighted by Crippen LogP contribution is 2.32. The Hall–Kier alpha value is -2.38. The van der Waals surface area contributed by atoms with E-state index < -0.39 is 11.0 Å². The second-order valence-corrected chi connectivity index (χ2v) is 4.51. The zero-order valence-electron chi connectivity index (χ0n) is 11.4. The molecule has 2 rings (SSSR count). The minimum absolute atomic E-state index is 0.0835. The molecule has 1 unspecified atom stereocenters. The van der Waals surface area contributed by atoms with Crippen molar-refractivity contribution in [2.24, 2.45) is 0 Å². The fourth-order valence-electron chi connectivity index (χ4n) is 2.39. The molecule has 1 atom stereocenters. The average molecular weight is 279 g/mol. The monoisotopic (exact) mass is 279 g/mol. The number of carbonyl (C=O) groups excluding carboxylic acids is 1. The van der Waals surface area contributed by atoms with Crippen molar-refractivity contribution in [2.75, 3.05) is 30.9 Å². The van der Waals surface area contributed by atoms with Gasteiger partial charge in [0.25, 0.3) is 0 Å². The lowest BCUT2D eigenvalue weighted by molar-refractivity contribution is -0.384. The molecule has 20 heavy (non-hydrogen) atoms. The Balaban J connectivity index is 2.43. The number of pyridine rings is 1. The zero-order valence-corrected chi connectivity index (χ0v) is 11.4. The van der Waals surface area contributed by atoms with Crippen molar-refractivity contribution in [2.45, 2.75) is 18.9 Å². The largest absolute Gasteiger partial charge is 0.373 e. The standard InChI is InChI=1S/C12H17N5O3/c1-13-10-6-5-8(17(19)20)11(15-10)16-7-3-4-9(16)12(18)14-2/h5-6,9H,3-4,7H2,1-2H3,(H,13,15)(H,14,18). The van der Waals surface area contributed by atoms with Gasteiger partial charge in [-0.15, -0.1) is 0 Å². The Morgan fingerprint density at radius 3 is 2.85 bits per heavy atom. The van der Waals surface area contributed by atoms with E-state index in [-0.39, 0.29) is 17.4 Å². The Morgan fingerprint density at radius 1 is 1.50 bits per heavy atom. The maximum Gasteiger partial charge on any atom is 0.311 e. The third-order valence-electron chi connectivity index (χ3n) is 3.38. The van der Waals surface area contributed by atoms with Gasteiger partial charge in [0.05, 0.1) is 4.92 Å². The predicted octanol–water partition coefficient (Wildman–Crippen LogP) is 0.746. The van der Waals surface area contributed by atoms with Crippen LogP contribution in [0, 0.1) is 10.1 Å². The van der Waals surface area contributed by atoms with E-state index in [0.29, 0.717) is 18.8 Å². The summed E-state index contributed by atoms with van der Waals surface area (Å²) in [7, 11) is 3.25. The number of hydrogen-bond acceptors (Lipinski definition) is 6. The van der Waals surface area contributed by atoms with Crippen molar-refractivity contribution >= 4 is 23.2 Å². The van der Waals surface area contributed by atoms with Crippen LogP contribution in [-0.4, -0.2) is 42.5 Å². The van der Waals surface area contributed by atoms with E-state index in [1.165, 1.54) is 6.07 Å². The smallest absolute Gasteiger partial charge is 0.311 e. The van der Waals surface area contributed by atoms with Gasteiger partial charge >= 0.3 is 5.69 Å². The van der Waals surface area contributed by atoms with Gasteiger partial charge in [-0.2, -0.15) is 0 Å². The lowest BCUT2D eigenvalue weighted by atomic mass is 10.2. The molecule has 108 valence electrons. The number of nitro groups is 1. The maximum absolute atomic E-state index is 11.9. The van der Waals surface area contributed by atoms with Crippen molar-refractivity contribution in [1.29, 1.82) is 0 Å². The van der Waals surface area contributed by atoms with Crippen LogP contribution in [0.2, 0.25) is 0 Å². The van der Waals surface area contributed by atoms with Crippen LogP contribution >= 0.6 is 0 Å². The number of nitrogens with one attached hydrogen (secondary N) is 2. The number of amides is 1. The molecule has 0 radical (unpaired) electrons. The zero-order chi connectivity index (χ0) is 14.7. The molecular weight excluding hydrogens is 262 g/mol. The summed E-state index contributed by atoms with van der Waals surface area (Å²) in [5.41, 5.74) is -0.0835. The molecule has 8 heteroatoms. The van der Waals surface area contributed by atoms with Crippen LogP contribution in [0.25, 0.3) is 0 Å². The molecule has 1 amide bonds. The minimum atomic E-state index is -0.471. The van der Waals surface area contributed by atoms with Gasteiger partial charge in [-0.3, -0.25) is 14.9 Å². The summed E-state index contributed by atoms with van der Waals surface area (Å²) in [5.74, 6) is 0.634. The first kappa shape index (κ1) is 14.0. The first-order valence-electron chi connectivity index (χ1n) is 6.40. The van der Waals surface area contributed by atoms with Gasteiger partial charge in [0.1, 0.15) is 11.9 Å². The molecule has 0 aromatic carbocycles. The third-order valence-corrected chi connectivity index (χ3v) is 3.38. The molecule has 2 N–H and O–H groups in total. The van der Waals surface area contributed by atoms with Crippen LogP contribution in [0.15, 0.2) is 12.1 Å². The number of hydrogen-bond donors (Lipinski definition) is 2. The van der Waals surface area contributed by atoms with Crippen LogP contribution in [0.3, 0.4) is 0 Å². The summed E-state index contributed by atoms with van der Waals surface area (Å²) in [6.45, 7) is 0.582. The number of aromatic nitrogens is 1. The summed E-state index contributed by atoms with van der Waals surface area (Å²) in [6, 6.07) is 2.55. The van der Waals surface area contributed by atoms with Gasteiger partial charge in [0.15, 0.2) is 0 Å². The Morgan fingerprint density at radius 2 is 2.25 bits per heavy atom. The van der Waals surface area contributed by atoms with Crippen LogP contribution in [-0.2, 0) is 4.79 Å². The second kappa shape index (κ2) is 5.72. The molecule has 0 spiro atoms. The Bertz CT molecular complexity index is 534. The first-order valence-corrected chi connectivity index (χ1v) is 6.40. The fourth-order valence-corrected chi connectivity index (χ4v) is 2.39. The van der Waals surface area contributed by atoms with Crippen molar-refractivity contribution in [3.63, 3.8) is 0 Å². The normalized spacial score (nSPS) is 17.9. The highest BCUT2D eigenvalue weighted by molar-refractivity contribution is 5.86. The van der Waals surface area contributed by atoms with Gasteiger partial charge in [-0.1, -0.05) is 0 Å². The summed E-state index contributed by atoms with van der Waals surface area (Å²) >= 11 is 0. The molecule has 0 aliphatic carbocycles. The quantitative estimate of drug-likeness (QED) is 0.623. The van der Waals surface area contributed by atoms with E-state index in [9.17, 15) is 14.9 Å². The van der Waals surface area contributed by atoms with Gasteiger partial charge in [0, 0.05) is 26.7 Å². The summed E-state index contributed by atoms with van der Waals surface area (Å²) in [5, 5.41) is 16.6. The Labute approximate surface area is 116 Å². The van der Waals surface area contributed by atoms with Gasteiger partial charge in [-0.05, 0) is 18.9 Å². The van der Waals surface area contributed by atoms with E-state index >= 15 is 0 Å². The van der Waals surface area contributed by atoms with Crippen molar-refractivity contribution in [1.82, 2.24) is 10.3 Å². The summed E-state index contributed by atoms with van der Waals surface area (Å²) in [6.07, 6.45) is 1.48. The van der Waals surface area contributed by atoms with Crippen molar-refractivity contribution in [3.8, 4) is 0 Å². The number of likely N-dealkylation sites (N-methyl/N-ethyl adjacent to an activating group) is 1. The SMILES string of the molecule is CNC(=O)C1CCCN1c1nc(NC)ccc1[N+](=O)[O-]. The summed E-state index contributed by atoms with van der Waals surface area (Å²) in [4.78, 5) is 28.5. The molecule has 1 saturated heterocycles. The lowest BCUT2D eigenvalue weighted by Crippen LogP contribution is -2.42. The molecule has 8 nitrogen and oxygen atoms in total. The molecular formula is C12H17N5O3. The average Bonchev–Trinajstić information content (AvgIpc) is 2.94. The number of carbonyl (C=O) groups is 1. The topological polar surface area (TPSA) is 100 Å². The fraction of sp³-hybridized carbons (Fsp3) is 0.500. The molecule has 1 fully saturated rings. The third kappa shape index (κ3) is 2.49. The molecule has 1 aliphatic rings. The van der Waals surface area contributed by atoms with Gasteiger partial charge < -0.3 is 15.5 Å². The molecule has 1 aromatic rings. The number of rotatable bonds is 4. The molecule has 1 aromatic heterocycles. The van der Waals surface area contributed by atoms with E-state index in [4.69, 9.17) is 0 Å². The highest BCUT2D eigenvalue weighted by Gasteiger charge is 2.35. The first-order chi connectivity index (χ1) is 9.58. The molecule has 1 aliphatic heterocycles.